The van der Waals surface area contributed by atoms with Crippen LogP contribution in [0.4, 0.5) is 11.4 Å². The Balaban J connectivity index is 2.01. The Labute approximate surface area is 131 Å². The number of anilines is 2. The minimum atomic E-state index is -3.49. The van der Waals surface area contributed by atoms with Crippen molar-refractivity contribution < 1.29 is 13.2 Å². The smallest absolute Gasteiger partial charge is 0.242 e. The van der Waals surface area contributed by atoms with Gasteiger partial charge in [-0.2, -0.15) is 0 Å². The molecule has 1 N–H and O–H groups in total. The van der Waals surface area contributed by atoms with Crippen molar-refractivity contribution in [3.05, 3.63) is 36.9 Å². The maximum atomic E-state index is 12.0. The third-order valence-electron chi connectivity index (χ3n) is 3.86. The van der Waals surface area contributed by atoms with E-state index in [2.05, 4.69) is 16.8 Å². The summed E-state index contributed by atoms with van der Waals surface area (Å²) in [5.41, 5.74) is 1.73. The van der Waals surface area contributed by atoms with E-state index >= 15 is 0 Å². The van der Waals surface area contributed by atoms with Gasteiger partial charge in [-0.15, -0.1) is 6.58 Å². The zero-order valence-corrected chi connectivity index (χ0v) is 13.6. The third-order valence-corrected chi connectivity index (χ3v) is 5.86. The highest BCUT2D eigenvalue weighted by Gasteiger charge is 2.26. The molecule has 0 spiro atoms. The average Bonchev–Trinajstić information content (AvgIpc) is 3.01. The lowest BCUT2D eigenvalue weighted by atomic mass is 10.2. The van der Waals surface area contributed by atoms with Crippen LogP contribution in [0.5, 0.6) is 0 Å². The molecule has 0 saturated carbocycles. The standard InChI is InChI=1S/C16H22N2O3S/c1-3-12-22(20,21)13(2)16(19)17-14-6-8-15(9-7-14)18-10-4-5-11-18/h3,6-9,13H,1,4-5,10-12H2,2H3,(H,17,19). The molecule has 0 radical (unpaired) electrons. The van der Waals surface area contributed by atoms with E-state index in [4.69, 9.17) is 0 Å². The minimum Gasteiger partial charge on any atom is -0.372 e. The Morgan fingerprint density at radius 3 is 2.45 bits per heavy atom. The van der Waals surface area contributed by atoms with Gasteiger partial charge in [0, 0.05) is 24.5 Å². The summed E-state index contributed by atoms with van der Waals surface area (Å²) in [6, 6.07) is 7.50. The number of nitrogens with one attached hydrogen (secondary N) is 1. The van der Waals surface area contributed by atoms with Gasteiger partial charge in [-0.1, -0.05) is 6.08 Å². The van der Waals surface area contributed by atoms with Gasteiger partial charge in [-0.25, -0.2) is 8.42 Å². The first-order chi connectivity index (χ1) is 10.4. The van der Waals surface area contributed by atoms with Crippen molar-refractivity contribution in [3.8, 4) is 0 Å². The van der Waals surface area contributed by atoms with E-state index in [1.807, 2.05) is 12.1 Å². The maximum absolute atomic E-state index is 12.0. The summed E-state index contributed by atoms with van der Waals surface area (Å²) in [7, 11) is -3.49. The molecule has 120 valence electrons. The van der Waals surface area contributed by atoms with Crippen LogP contribution >= 0.6 is 0 Å². The highest BCUT2D eigenvalue weighted by Crippen LogP contribution is 2.22. The van der Waals surface area contributed by atoms with Gasteiger partial charge in [0.15, 0.2) is 9.84 Å². The Morgan fingerprint density at radius 1 is 1.32 bits per heavy atom. The Kier molecular flexibility index (Phi) is 5.24. The summed E-state index contributed by atoms with van der Waals surface area (Å²) in [5.74, 6) is -0.717. The van der Waals surface area contributed by atoms with Gasteiger partial charge in [-0.3, -0.25) is 4.79 Å². The van der Waals surface area contributed by atoms with Crippen LogP contribution in [0, 0.1) is 0 Å². The predicted octanol–water partition coefficient (Wildman–Crippen LogP) is 2.21. The summed E-state index contributed by atoms with van der Waals surface area (Å²) in [5, 5.41) is 1.56. The molecule has 1 atom stereocenters. The minimum absolute atomic E-state index is 0.199. The molecule has 1 unspecified atom stereocenters. The van der Waals surface area contributed by atoms with Gasteiger partial charge in [-0.05, 0) is 44.0 Å². The van der Waals surface area contributed by atoms with Crippen LogP contribution in [0.3, 0.4) is 0 Å². The molecule has 6 heteroatoms. The van der Waals surface area contributed by atoms with E-state index in [1.54, 1.807) is 12.1 Å². The second-order valence-corrected chi connectivity index (χ2v) is 7.86. The second-order valence-electron chi connectivity index (χ2n) is 5.49. The summed E-state index contributed by atoms with van der Waals surface area (Å²) < 4.78 is 23.7. The predicted molar refractivity (Wildman–Crippen MR) is 90.0 cm³/mol. The molecule has 22 heavy (non-hydrogen) atoms. The molecular weight excluding hydrogens is 300 g/mol. The highest BCUT2D eigenvalue weighted by atomic mass is 32.2. The van der Waals surface area contributed by atoms with Gasteiger partial charge in [0.1, 0.15) is 5.25 Å². The molecule has 0 aromatic heterocycles. The molecule has 1 heterocycles. The van der Waals surface area contributed by atoms with E-state index in [-0.39, 0.29) is 5.75 Å². The van der Waals surface area contributed by atoms with E-state index in [1.165, 1.54) is 25.8 Å². The molecule has 1 saturated heterocycles. The molecule has 0 aliphatic carbocycles. The zero-order chi connectivity index (χ0) is 16.2. The fourth-order valence-electron chi connectivity index (χ4n) is 2.45. The van der Waals surface area contributed by atoms with Crippen molar-refractivity contribution in [2.45, 2.75) is 25.0 Å². The number of nitrogens with zero attached hydrogens (tertiary/aromatic N) is 1. The molecule has 1 fully saturated rings. The second kappa shape index (κ2) is 6.96. The fraction of sp³-hybridized carbons (Fsp3) is 0.438. The molecule has 1 amide bonds. The largest absolute Gasteiger partial charge is 0.372 e. The van der Waals surface area contributed by atoms with Crippen LogP contribution in [-0.4, -0.2) is 38.4 Å². The summed E-state index contributed by atoms with van der Waals surface area (Å²) in [6.45, 7) is 6.92. The average molecular weight is 322 g/mol. The number of rotatable bonds is 6. The summed E-state index contributed by atoms with van der Waals surface area (Å²) >= 11 is 0. The molecule has 5 nitrogen and oxygen atoms in total. The van der Waals surface area contributed by atoms with Crippen molar-refractivity contribution in [1.29, 1.82) is 0 Å². The lowest BCUT2D eigenvalue weighted by Crippen LogP contribution is -2.33. The van der Waals surface area contributed by atoms with Crippen molar-refractivity contribution in [3.63, 3.8) is 0 Å². The quantitative estimate of drug-likeness (QED) is 0.816. The van der Waals surface area contributed by atoms with Crippen molar-refractivity contribution in [2.75, 3.05) is 29.1 Å². The topological polar surface area (TPSA) is 66.5 Å². The SMILES string of the molecule is C=CCS(=O)(=O)C(C)C(=O)Nc1ccc(N2CCCC2)cc1. The van der Waals surface area contributed by atoms with Crippen molar-refractivity contribution >= 4 is 27.1 Å². The lowest BCUT2D eigenvalue weighted by molar-refractivity contribution is -0.115. The number of hydrogen-bond acceptors (Lipinski definition) is 4. The summed E-state index contributed by atoms with van der Waals surface area (Å²) in [4.78, 5) is 14.3. The highest BCUT2D eigenvalue weighted by molar-refractivity contribution is 7.92. The maximum Gasteiger partial charge on any atom is 0.242 e. The van der Waals surface area contributed by atoms with E-state index in [0.29, 0.717) is 5.69 Å². The van der Waals surface area contributed by atoms with Gasteiger partial charge in [0.25, 0.3) is 0 Å². The monoisotopic (exact) mass is 322 g/mol. The van der Waals surface area contributed by atoms with Crippen LogP contribution < -0.4 is 10.2 Å². The van der Waals surface area contributed by atoms with Gasteiger partial charge in [0.2, 0.25) is 5.91 Å². The zero-order valence-electron chi connectivity index (χ0n) is 12.8. The number of hydrogen-bond donors (Lipinski definition) is 1. The number of carbonyl (C=O) groups excluding carboxylic acids is 1. The molecule has 1 aliphatic heterocycles. The van der Waals surface area contributed by atoms with Crippen LogP contribution in [0.25, 0.3) is 0 Å². The van der Waals surface area contributed by atoms with Crippen LogP contribution in [0.1, 0.15) is 19.8 Å². The molecule has 1 aromatic rings. The number of carbonyl (C=O) groups is 1. The van der Waals surface area contributed by atoms with E-state index in [0.717, 1.165) is 18.8 Å². The van der Waals surface area contributed by atoms with Gasteiger partial charge in [0.05, 0.1) is 5.75 Å². The molecular formula is C16H22N2O3S. The van der Waals surface area contributed by atoms with Gasteiger partial charge >= 0.3 is 0 Å². The summed E-state index contributed by atoms with van der Waals surface area (Å²) in [6.07, 6.45) is 3.71. The lowest BCUT2D eigenvalue weighted by Gasteiger charge is -2.18. The molecule has 0 bridgehead atoms. The normalized spacial score (nSPS) is 16.3. The first kappa shape index (κ1) is 16.5. The van der Waals surface area contributed by atoms with Crippen molar-refractivity contribution in [1.82, 2.24) is 0 Å². The van der Waals surface area contributed by atoms with Crippen molar-refractivity contribution in [2.24, 2.45) is 0 Å². The molecule has 1 aromatic carbocycles. The first-order valence-electron chi connectivity index (χ1n) is 7.42. The van der Waals surface area contributed by atoms with E-state index in [9.17, 15) is 13.2 Å². The Bertz CT molecular complexity index is 632. The molecule has 1 aliphatic rings. The Hall–Kier alpha value is -1.82. The molecule has 2 rings (SSSR count). The van der Waals surface area contributed by atoms with Crippen LogP contribution in [0.15, 0.2) is 36.9 Å². The third kappa shape index (κ3) is 3.88. The van der Waals surface area contributed by atoms with Gasteiger partial charge < -0.3 is 10.2 Å². The number of benzene rings is 1. The number of sulfone groups is 1. The first-order valence-corrected chi connectivity index (χ1v) is 9.14. The van der Waals surface area contributed by atoms with Crippen LogP contribution in [0.2, 0.25) is 0 Å². The van der Waals surface area contributed by atoms with E-state index < -0.39 is 21.0 Å². The Morgan fingerprint density at radius 2 is 1.91 bits per heavy atom. The van der Waals surface area contributed by atoms with Crippen LogP contribution in [-0.2, 0) is 14.6 Å². The fourth-order valence-corrected chi connectivity index (χ4v) is 3.45. The number of amides is 1.